The van der Waals surface area contributed by atoms with Crippen molar-refractivity contribution in [2.24, 2.45) is 5.73 Å². The molecule has 15 heavy (non-hydrogen) atoms. The first-order valence-corrected chi connectivity index (χ1v) is 7.00. The Bertz CT molecular complexity index is 322. The summed E-state index contributed by atoms with van der Waals surface area (Å²) in [6, 6.07) is 0. The van der Waals surface area contributed by atoms with Crippen molar-refractivity contribution in [3.63, 3.8) is 0 Å². The molecule has 2 fully saturated rings. The van der Waals surface area contributed by atoms with Crippen molar-refractivity contribution in [1.29, 1.82) is 0 Å². The van der Waals surface area contributed by atoms with Crippen molar-refractivity contribution < 1.29 is 13.2 Å². The van der Waals surface area contributed by atoms with E-state index in [-0.39, 0.29) is 11.3 Å². The summed E-state index contributed by atoms with van der Waals surface area (Å²) in [5.74, 6) is 0.273. The number of ether oxygens (including phenoxy) is 1. The van der Waals surface area contributed by atoms with Crippen molar-refractivity contribution >= 4 is 10.0 Å². The summed E-state index contributed by atoms with van der Waals surface area (Å²) in [5, 5.41) is 0. The number of hydrogen-bond donors (Lipinski definition) is 1. The highest BCUT2D eigenvalue weighted by molar-refractivity contribution is 7.89. The highest BCUT2D eigenvalue weighted by Crippen LogP contribution is 2.32. The summed E-state index contributed by atoms with van der Waals surface area (Å²) in [4.78, 5) is 0. The van der Waals surface area contributed by atoms with Gasteiger partial charge >= 0.3 is 0 Å². The summed E-state index contributed by atoms with van der Waals surface area (Å²) >= 11 is 0. The molecule has 2 rings (SSSR count). The number of sulfonamides is 1. The van der Waals surface area contributed by atoms with Crippen molar-refractivity contribution in [1.82, 2.24) is 4.31 Å². The number of hydrogen-bond acceptors (Lipinski definition) is 4. The average molecular weight is 234 g/mol. The first-order chi connectivity index (χ1) is 7.11. The third-order valence-corrected chi connectivity index (χ3v) is 5.48. The molecule has 0 spiro atoms. The van der Waals surface area contributed by atoms with Crippen LogP contribution in [0.2, 0.25) is 0 Å². The zero-order chi connectivity index (χ0) is 10.9. The summed E-state index contributed by atoms with van der Waals surface area (Å²) in [7, 11) is -3.06. The molecule has 2 aliphatic rings. The van der Waals surface area contributed by atoms with E-state index in [0.717, 1.165) is 19.3 Å². The predicted molar refractivity (Wildman–Crippen MR) is 56.9 cm³/mol. The lowest BCUT2D eigenvalue weighted by Gasteiger charge is -2.42. The third kappa shape index (κ3) is 1.91. The van der Waals surface area contributed by atoms with E-state index < -0.39 is 10.0 Å². The summed E-state index contributed by atoms with van der Waals surface area (Å²) < 4.78 is 30.6. The van der Waals surface area contributed by atoms with Gasteiger partial charge in [0.15, 0.2) is 0 Å². The van der Waals surface area contributed by atoms with Crippen LogP contribution >= 0.6 is 0 Å². The van der Waals surface area contributed by atoms with Crippen LogP contribution < -0.4 is 5.73 Å². The van der Waals surface area contributed by atoms with Crippen LogP contribution in [0.4, 0.5) is 0 Å². The van der Waals surface area contributed by atoms with Crippen molar-refractivity contribution in [2.75, 3.05) is 32.1 Å². The van der Waals surface area contributed by atoms with E-state index >= 15 is 0 Å². The molecule has 6 heteroatoms. The lowest BCUT2D eigenvalue weighted by Crippen LogP contribution is -2.57. The Hall–Kier alpha value is -0.170. The molecule has 2 aliphatic heterocycles. The van der Waals surface area contributed by atoms with Crippen LogP contribution in [-0.4, -0.2) is 50.3 Å². The van der Waals surface area contributed by atoms with E-state index in [2.05, 4.69) is 0 Å². The van der Waals surface area contributed by atoms with Gasteiger partial charge in [0.1, 0.15) is 0 Å². The Balaban J connectivity index is 2.25. The zero-order valence-electron chi connectivity index (χ0n) is 8.81. The van der Waals surface area contributed by atoms with Crippen molar-refractivity contribution in [3.05, 3.63) is 0 Å². The highest BCUT2D eigenvalue weighted by Gasteiger charge is 2.45. The predicted octanol–water partition coefficient (Wildman–Crippen LogP) is -0.470. The lowest BCUT2D eigenvalue weighted by molar-refractivity contribution is 0.0122. The average Bonchev–Trinajstić information content (AvgIpc) is 2.60. The van der Waals surface area contributed by atoms with Gasteiger partial charge in [-0.2, -0.15) is 4.31 Å². The summed E-state index contributed by atoms with van der Waals surface area (Å²) in [6.45, 7) is 2.25. The monoisotopic (exact) mass is 234 g/mol. The molecule has 0 saturated carbocycles. The number of nitrogens with zero attached hydrogens (tertiary/aromatic N) is 1. The maximum atomic E-state index is 11.9. The first kappa shape index (κ1) is 11.3. The smallest absolute Gasteiger partial charge is 0.214 e. The van der Waals surface area contributed by atoms with Gasteiger partial charge in [-0.1, -0.05) is 0 Å². The van der Waals surface area contributed by atoms with Crippen molar-refractivity contribution in [2.45, 2.75) is 24.8 Å². The molecule has 88 valence electrons. The topological polar surface area (TPSA) is 72.6 Å². The lowest BCUT2D eigenvalue weighted by atomic mass is 9.90. The minimum atomic E-state index is -3.06. The van der Waals surface area contributed by atoms with E-state index in [1.807, 2.05) is 0 Å². The largest absolute Gasteiger partial charge is 0.381 e. The molecule has 0 aromatic carbocycles. The second-order valence-electron chi connectivity index (χ2n) is 4.28. The highest BCUT2D eigenvalue weighted by atomic mass is 32.2. The fourth-order valence-electron chi connectivity index (χ4n) is 2.48. The normalized spacial score (nSPS) is 30.5. The molecule has 5 nitrogen and oxygen atoms in total. The molecule has 0 aromatic rings. The fourth-order valence-corrected chi connectivity index (χ4v) is 4.45. The van der Waals surface area contributed by atoms with Gasteiger partial charge in [-0.05, 0) is 19.3 Å². The second kappa shape index (κ2) is 4.01. The quantitative estimate of drug-likeness (QED) is 0.701. The Morgan fingerprint density at radius 3 is 2.47 bits per heavy atom. The maximum Gasteiger partial charge on any atom is 0.214 e. The molecule has 0 aromatic heterocycles. The fraction of sp³-hybridized carbons (Fsp3) is 1.00. The van der Waals surface area contributed by atoms with Gasteiger partial charge in [-0.15, -0.1) is 0 Å². The Morgan fingerprint density at radius 1 is 1.33 bits per heavy atom. The molecule has 2 heterocycles. The first-order valence-electron chi connectivity index (χ1n) is 5.39. The van der Waals surface area contributed by atoms with E-state index in [0.29, 0.717) is 26.3 Å². The standard InChI is InChI=1S/C9H18N2O3S/c10-8-9(2-5-14-6-3-9)11-4-1-7-15(11,12)13/h1-8,10H2. The maximum absolute atomic E-state index is 11.9. The zero-order valence-corrected chi connectivity index (χ0v) is 9.63. The van der Waals surface area contributed by atoms with Crippen LogP contribution in [-0.2, 0) is 14.8 Å². The van der Waals surface area contributed by atoms with E-state index in [4.69, 9.17) is 10.5 Å². The molecule has 2 saturated heterocycles. The number of nitrogens with two attached hydrogens (primary N) is 1. The van der Waals surface area contributed by atoms with Gasteiger partial charge in [0.25, 0.3) is 0 Å². The molecular formula is C9H18N2O3S. The van der Waals surface area contributed by atoms with Crippen LogP contribution in [0, 0.1) is 0 Å². The Kier molecular flexibility index (Phi) is 3.03. The van der Waals surface area contributed by atoms with Gasteiger partial charge in [0.2, 0.25) is 10.0 Å². The van der Waals surface area contributed by atoms with Crippen LogP contribution in [0.25, 0.3) is 0 Å². The van der Waals surface area contributed by atoms with Gasteiger partial charge in [0.05, 0.1) is 11.3 Å². The molecule has 0 atom stereocenters. The minimum Gasteiger partial charge on any atom is -0.381 e. The van der Waals surface area contributed by atoms with Crippen LogP contribution in [0.3, 0.4) is 0 Å². The number of rotatable bonds is 2. The van der Waals surface area contributed by atoms with Crippen LogP contribution in [0.1, 0.15) is 19.3 Å². The molecule has 0 unspecified atom stereocenters. The molecule has 0 radical (unpaired) electrons. The second-order valence-corrected chi connectivity index (χ2v) is 6.30. The Morgan fingerprint density at radius 2 is 2.00 bits per heavy atom. The molecule has 0 aliphatic carbocycles. The minimum absolute atomic E-state index is 0.273. The van der Waals surface area contributed by atoms with E-state index in [9.17, 15) is 8.42 Å². The van der Waals surface area contributed by atoms with Crippen molar-refractivity contribution in [3.8, 4) is 0 Å². The van der Waals surface area contributed by atoms with E-state index in [1.165, 1.54) is 0 Å². The summed E-state index contributed by atoms with van der Waals surface area (Å²) in [5.41, 5.74) is 5.41. The van der Waals surface area contributed by atoms with Gasteiger partial charge < -0.3 is 10.5 Å². The van der Waals surface area contributed by atoms with E-state index in [1.54, 1.807) is 4.31 Å². The molecular weight excluding hydrogens is 216 g/mol. The molecule has 2 N–H and O–H groups in total. The third-order valence-electron chi connectivity index (χ3n) is 3.43. The molecule has 0 amide bonds. The van der Waals surface area contributed by atoms with Crippen LogP contribution in [0.15, 0.2) is 0 Å². The van der Waals surface area contributed by atoms with Gasteiger partial charge in [0, 0.05) is 26.3 Å². The van der Waals surface area contributed by atoms with Gasteiger partial charge in [-0.3, -0.25) is 0 Å². The van der Waals surface area contributed by atoms with Gasteiger partial charge in [-0.25, -0.2) is 8.42 Å². The SMILES string of the molecule is NCC1(N2CCCS2(=O)=O)CCOCC1. The summed E-state index contributed by atoms with van der Waals surface area (Å²) in [6.07, 6.45) is 2.18. The Labute approximate surface area is 90.6 Å². The molecule has 0 bridgehead atoms. The van der Waals surface area contributed by atoms with Crippen LogP contribution in [0.5, 0.6) is 0 Å².